The minimum atomic E-state index is -0.291. The lowest BCUT2D eigenvalue weighted by Gasteiger charge is -2.08. The van der Waals surface area contributed by atoms with Gasteiger partial charge in [0.2, 0.25) is 5.96 Å². The normalized spacial score (nSPS) is 18.1. The van der Waals surface area contributed by atoms with Crippen LogP contribution < -0.4 is 5.32 Å². The molecule has 1 aliphatic rings. The molecule has 1 heterocycles. The second kappa shape index (κ2) is 3.69. The van der Waals surface area contributed by atoms with E-state index in [1.54, 1.807) is 37.4 Å². The fourth-order valence-electron chi connectivity index (χ4n) is 1.42. The molecule has 2 rings (SSSR count). The zero-order valence-corrected chi connectivity index (χ0v) is 8.69. The Morgan fingerprint density at radius 3 is 2.50 bits per heavy atom. The highest BCUT2D eigenvalue weighted by molar-refractivity contribution is 6.14. The van der Waals surface area contributed by atoms with Crippen molar-refractivity contribution in [1.82, 2.24) is 10.2 Å². The van der Waals surface area contributed by atoms with Crippen LogP contribution in [0, 0.1) is 5.41 Å². The first-order chi connectivity index (χ1) is 7.58. The molecule has 0 unspecified atom stereocenters. The average molecular weight is 217 g/mol. The summed E-state index contributed by atoms with van der Waals surface area (Å²) < 4.78 is 0. The fraction of sp³-hybridized carbons (Fsp3) is 0.0909. The van der Waals surface area contributed by atoms with Gasteiger partial charge in [0.15, 0.2) is 0 Å². The van der Waals surface area contributed by atoms with Gasteiger partial charge in [-0.1, -0.05) is 12.1 Å². The number of nitrogens with one attached hydrogen (secondary N) is 2. The lowest BCUT2D eigenvalue weighted by atomic mass is 10.2. The number of nitrogens with zero attached hydrogens (tertiary/aromatic N) is 1. The van der Waals surface area contributed by atoms with Crippen LogP contribution in [-0.2, 0) is 4.79 Å². The molecule has 0 aromatic heterocycles. The van der Waals surface area contributed by atoms with Crippen molar-refractivity contribution in [3.05, 3.63) is 35.5 Å². The number of phenols is 1. The van der Waals surface area contributed by atoms with Gasteiger partial charge in [-0.3, -0.25) is 15.5 Å². The molecule has 0 radical (unpaired) electrons. The summed E-state index contributed by atoms with van der Waals surface area (Å²) in [6, 6.07) is 6.49. The highest BCUT2D eigenvalue weighted by Crippen LogP contribution is 2.16. The first-order valence-corrected chi connectivity index (χ1v) is 4.72. The number of phenolic OH excluding ortho intramolecular Hbond substituents is 1. The summed E-state index contributed by atoms with van der Waals surface area (Å²) in [4.78, 5) is 12.9. The van der Waals surface area contributed by atoms with E-state index in [2.05, 4.69) is 5.32 Å². The molecule has 0 spiro atoms. The third-order valence-electron chi connectivity index (χ3n) is 2.36. The van der Waals surface area contributed by atoms with Crippen LogP contribution in [-0.4, -0.2) is 28.9 Å². The van der Waals surface area contributed by atoms with E-state index in [0.717, 1.165) is 5.56 Å². The smallest absolute Gasteiger partial charge is 0.274 e. The number of likely N-dealkylation sites (N-methyl/N-ethyl adjacent to an activating group) is 1. The zero-order chi connectivity index (χ0) is 11.7. The molecule has 5 nitrogen and oxygen atoms in total. The van der Waals surface area contributed by atoms with E-state index in [-0.39, 0.29) is 17.6 Å². The molecule has 3 N–H and O–H groups in total. The van der Waals surface area contributed by atoms with Gasteiger partial charge >= 0.3 is 0 Å². The molecule has 0 bridgehead atoms. The molecular formula is C11H11N3O2. The van der Waals surface area contributed by atoms with E-state index in [0.29, 0.717) is 5.70 Å². The van der Waals surface area contributed by atoms with E-state index < -0.39 is 0 Å². The molecule has 5 heteroatoms. The topological polar surface area (TPSA) is 76.4 Å². The van der Waals surface area contributed by atoms with Crippen molar-refractivity contribution in [3.8, 4) is 5.75 Å². The Morgan fingerprint density at radius 2 is 2.00 bits per heavy atom. The van der Waals surface area contributed by atoms with E-state index >= 15 is 0 Å². The van der Waals surface area contributed by atoms with Gasteiger partial charge in [-0.25, -0.2) is 0 Å². The van der Waals surface area contributed by atoms with Crippen LogP contribution in [0.5, 0.6) is 5.75 Å². The van der Waals surface area contributed by atoms with Gasteiger partial charge < -0.3 is 10.0 Å². The van der Waals surface area contributed by atoms with Gasteiger partial charge in [0, 0.05) is 7.05 Å². The SMILES string of the molecule is CN1C(=N)NC(=O)/C1=C/c1ccc(O)cc1. The summed E-state index contributed by atoms with van der Waals surface area (Å²) in [7, 11) is 1.65. The Labute approximate surface area is 92.5 Å². The van der Waals surface area contributed by atoms with Crippen molar-refractivity contribution >= 4 is 17.9 Å². The van der Waals surface area contributed by atoms with Crippen LogP contribution in [0.4, 0.5) is 0 Å². The number of aromatic hydroxyl groups is 1. The van der Waals surface area contributed by atoms with E-state index in [1.165, 1.54) is 4.90 Å². The Morgan fingerprint density at radius 1 is 1.38 bits per heavy atom. The summed E-state index contributed by atoms with van der Waals surface area (Å²) in [5.41, 5.74) is 1.21. The van der Waals surface area contributed by atoms with Crippen LogP contribution in [0.3, 0.4) is 0 Å². The molecule has 1 aromatic rings. The summed E-state index contributed by atoms with van der Waals surface area (Å²) in [5.74, 6) is -0.0466. The summed E-state index contributed by atoms with van der Waals surface area (Å²) in [5, 5.41) is 18.9. The molecule has 1 fully saturated rings. The summed E-state index contributed by atoms with van der Waals surface area (Å²) in [6.07, 6.45) is 1.66. The van der Waals surface area contributed by atoms with Crippen molar-refractivity contribution in [2.45, 2.75) is 0 Å². The molecule has 0 saturated carbocycles. The van der Waals surface area contributed by atoms with Crippen LogP contribution >= 0.6 is 0 Å². The van der Waals surface area contributed by atoms with Crippen molar-refractivity contribution < 1.29 is 9.90 Å². The van der Waals surface area contributed by atoms with Crippen molar-refractivity contribution in [3.63, 3.8) is 0 Å². The van der Waals surface area contributed by atoms with E-state index in [9.17, 15) is 4.79 Å². The molecule has 1 amide bonds. The summed E-state index contributed by atoms with van der Waals surface area (Å²) in [6.45, 7) is 0. The molecule has 0 atom stereocenters. The molecule has 1 aromatic carbocycles. The second-order valence-electron chi connectivity index (χ2n) is 3.48. The number of rotatable bonds is 1. The largest absolute Gasteiger partial charge is 0.508 e. The average Bonchev–Trinajstić information content (AvgIpc) is 2.48. The highest BCUT2D eigenvalue weighted by Gasteiger charge is 2.26. The van der Waals surface area contributed by atoms with Crippen molar-refractivity contribution in [2.75, 3.05) is 7.05 Å². The number of amides is 1. The predicted octanol–water partition coefficient (Wildman–Crippen LogP) is 0.729. The number of carbonyl (C=O) groups is 1. The van der Waals surface area contributed by atoms with Gasteiger partial charge in [0.1, 0.15) is 11.4 Å². The maximum absolute atomic E-state index is 11.5. The lowest BCUT2D eigenvalue weighted by molar-refractivity contribution is -0.115. The zero-order valence-electron chi connectivity index (χ0n) is 8.69. The molecule has 0 aliphatic carbocycles. The summed E-state index contributed by atoms with van der Waals surface area (Å²) >= 11 is 0. The standard InChI is InChI=1S/C11H11N3O2/c1-14-9(10(16)13-11(14)12)6-7-2-4-8(15)5-3-7/h2-6,15H,1H3,(H2,12,13,16)/b9-6-. The Hall–Kier alpha value is -2.30. The monoisotopic (exact) mass is 217 g/mol. The second-order valence-corrected chi connectivity index (χ2v) is 3.48. The number of hydrogen-bond donors (Lipinski definition) is 3. The van der Waals surface area contributed by atoms with Crippen LogP contribution in [0.25, 0.3) is 6.08 Å². The van der Waals surface area contributed by atoms with Crippen LogP contribution in [0.2, 0.25) is 0 Å². The third-order valence-corrected chi connectivity index (χ3v) is 2.36. The molecule has 16 heavy (non-hydrogen) atoms. The van der Waals surface area contributed by atoms with Gasteiger partial charge in [0.25, 0.3) is 5.91 Å². The number of guanidine groups is 1. The number of benzene rings is 1. The molecule has 1 aliphatic heterocycles. The lowest BCUT2D eigenvalue weighted by Crippen LogP contribution is -2.25. The minimum Gasteiger partial charge on any atom is -0.508 e. The van der Waals surface area contributed by atoms with Gasteiger partial charge in [-0.2, -0.15) is 0 Å². The van der Waals surface area contributed by atoms with Crippen LogP contribution in [0.15, 0.2) is 30.0 Å². The first kappa shape index (κ1) is 10.2. The quantitative estimate of drug-likeness (QED) is 0.607. The van der Waals surface area contributed by atoms with E-state index in [1.807, 2.05) is 0 Å². The highest BCUT2D eigenvalue weighted by atomic mass is 16.3. The fourth-order valence-corrected chi connectivity index (χ4v) is 1.42. The van der Waals surface area contributed by atoms with Crippen LogP contribution in [0.1, 0.15) is 5.56 Å². The molecule has 82 valence electrons. The predicted molar refractivity (Wildman–Crippen MR) is 59.7 cm³/mol. The van der Waals surface area contributed by atoms with Crippen molar-refractivity contribution in [1.29, 1.82) is 5.41 Å². The number of carbonyl (C=O) groups excluding carboxylic acids is 1. The van der Waals surface area contributed by atoms with E-state index in [4.69, 9.17) is 10.5 Å². The Balaban J connectivity index is 2.34. The Bertz CT molecular complexity index is 477. The van der Waals surface area contributed by atoms with Crippen molar-refractivity contribution in [2.24, 2.45) is 0 Å². The number of hydrogen-bond acceptors (Lipinski definition) is 3. The first-order valence-electron chi connectivity index (χ1n) is 4.72. The van der Waals surface area contributed by atoms with Gasteiger partial charge in [-0.15, -0.1) is 0 Å². The Kier molecular flexibility index (Phi) is 2.36. The third kappa shape index (κ3) is 1.75. The maximum Gasteiger partial charge on any atom is 0.274 e. The van der Waals surface area contributed by atoms with Gasteiger partial charge in [0.05, 0.1) is 0 Å². The van der Waals surface area contributed by atoms with Gasteiger partial charge in [-0.05, 0) is 23.8 Å². The maximum atomic E-state index is 11.5. The minimum absolute atomic E-state index is 0.0648. The molecular weight excluding hydrogens is 206 g/mol. The molecule has 1 saturated heterocycles.